The molecule has 1 aromatic carbocycles. The lowest BCUT2D eigenvalue weighted by Crippen LogP contribution is -2.22. The molecule has 0 aliphatic heterocycles. The molecule has 0 saturated heterocycles. The van der Waals surface area contributed by atoms with Gasteiger partial charge in [-0.3, -0.25) is 14.3 Å². The number of halogens is 1. The zero-order chi connectivity index (χ0) is 18.0. The molecule has 0 bridgehead atoms. The lowest BCUT2D eigenvalue weighted by atomic mass is 10.1. The minimum absolute atomic E-state index is 0.248. The fraction of sp³-hybridized carbons (Fsp3) is 0.105. The Morgan fingerprint density at radius 1 is 1.12 bits per heavy atom. The van der Waals surface area contributed by atoms with Gasteiger partial charge in [-0.15, -0.1) is 0 Å². The molecule has 0 aliphatic rings. The van der Waals surface area contributed by atoms with Crippen LogP contribution in [0.3, 0.4) is 0 Å². The van der Waals surface area contributed by atoms with E-state index in [0.29, 0.717) is 22.5 Å². The van der Waals surface area contributed by atoms with Crippen molar-refractivity contribution in [3.63, 3.8) is 0 Å². The summed E-state index contributed by atoms with van der Waals surface area (Å²) in [5.41, 5.74) is 1.65. The summed E-state index contributed by atoms with van der Waals surface area (Å²) in [4.78, 5) is 29.2. The van der Waals surface area contributed by atoms with Crippen molar-refractivity contribution < 1.29 is 9.53 Å². The molecule has 0 radical (unpaired) electrons. The van der Waals surface area contributed by atoms with E-state index < -0.39 is 5.97 Å². The van der Waals surface area contributed by atoms with Gasteiger partial charge in [0, 0.05) is 16.7 Å². The molecule has 0 atom stereocenters. The van der Waals surface area contributed by atoms with Crippen molar-refractivity contribution >= 4 is 38.5 Å². The monoisotopic (exact) mass is 398 g/mol. The van der Waals surface area contributed by atoms with Gasteiger partial charge in [-0.05, 0) is 52.5 Å². The predicted molar refractivity (Wildman–Crippen MR) is 100 cm³/mol. The van der Waals surface area contributed by atoms with Crippen LogP contribution in [-0.2, 0) is 9.53 Å². The minimum Gasteiger partial charge on any atom is -0.466 e. The SMILES string of the molecule is COC(=O)/C(C)=C(\c1ccc(Br)cn1)n1c(=O)ccc2ccccc21. The first-order valence-electron chi connectivity index (χ1n) is 7.55. The molecule has 0 amide bonds. The standard InChI is InChI=1S/C19H15BrN2O3/c1-12(19(24)25-2)18(15-9-8-14(20)11-21-15)22-16-6-4-3-5-13(16)7-10-17(22)23/h3-11H,1-2H3/b18-12+. The Labute approximate surface area is 152 Å². The van der Waals surface area contributed by atoms with Crippen LogP contribution < -0.4 is 5.56 Å². The lowest BCUT2D eigenvalue weighted by molar-refractivity contribution is -0.135. The largest absolute Gasteiger partial charge is 0.466 e. The smallest absolute Gasteiger partial charge is 0.335 e. The Hall–Kier alpha value is -2.73. The number of nitrogens with zero attached hydrogens (tertiary/aromatic N) is 2. The maximum Gasteiger partial charge on any atom is 0.335 e. The van der Waals surface area contributed by atoms with E-state index in [-0.39, 0.29) is 5.56 Å². The van der Waals surface area contributed by atoms with E-state index in [1.807, 2.05) is 30.3 Å². The van der Waals surface area contributed by atoms with Crippen molar-refractivity contribution in [2.45, 2.75) is 6.92 Å². The first-order chi connectivity index (χ1) is 12.0. The Morgan fingerprint density at radius 3 is 2.56 bits per heavy atom. The van der Waals surface area contributed by atoms with Gasteiger partial charge in [-0.25, -0.2) is 4.79 Å². The van der Waals surface area contributed by atoms with E-state index in [1.54, 1.807) is 25.3 Å². The first kappa shape index (κ1) is 17.1. The number of benzene rings is 1. The first-order valence-corrected chi connectivity index (χ1v) is 8.34. The Balaban J connectivity index is 2.41. The zero-order valence-electron chi connectivity index (χ0n) is 13.7. The number of aromatic nitrogens is 2. The van der Waals surface area contributed by atoms with Crippen LogP contribution in [0.25, 0.3) is 16.6 Å². The maximum atomic E-state index is 12.7. The van der Waals surface area contributed by atoms with Crippen molar-refractivity contribution in [1.29, 1.82) is 0 Å². The van der Waals surface area contributed by atoms with Gasteiger partial charge in [0.25, 0.3) is 5.56 Å². The van der Waals surface area contributed by atoms with Gasteiger partial charge in [-0.1, -0.05) is 18.2 Å². The predicted octanol–water partition coefficient (Wildman–Crippen LogP) is 3.61. The second kappa shape index (κ2) is 7.03. The molecule has 0 spiro atoms. The summed E-state index contributed by atoms with van der Waals surface area (Å²) in [6.45, 7) is 1.62. The molecule has 2 heterocycles. The van der Waals surface area contributed by atoms with Gasteiger partial charge in [-0.2, -0.15) is 0 Å². The summed E-state index contributed by atoms with van der Waals surface area (Å²) >= 11 is 3.35. The van der Waals surface area contributed by atoms with Gasteiger partial charge < -0.3 is 4.74 Å². The van der Waals surface area contributed by atoms with Crippen LogP contribution >= 0.6 is 15.9 Å². The molecule has 3 aromatic rings. The van der Waals surface area contributed by atoms with E-state index in [0.717, 1.165) is 9.86 Å². The normalized spacial score (nSPS) is 12.0. The van der Waals surface area contributed by atoms with Crippen LogP contribution in [0.4, 0.5) is 0 Å². The van der Waals surface area contributed by atoms with Crippen molar-refractivity contribution in [1.82, 2.24) is 9.55 Å². The molecule has 6 heteroatoms. The molecule has 0 unspecified atom stereocenters. The van der Waals surface area contributed by atoms with E-state index >= 15 is 0 Å². The number of carbonyl (C=O) groups excluding carboxylic acids is 1. The number of para-hydroxylation sites is 1. The van der Waals surface area contributed by atoms with E-state index in [4.69, 9.17) is 4.74 Å². The summed E-state index contributed by atoms with van der Waals surface area (Å²) < 4.78 is 7.16. The van der Waals surface area contributed by atoms with Crippen LogP contribution in [0.1, 0.15) is 12.6 Å². The number of carbonyl (C=O) groups is 1. The van der Waals surface area contributed by atoms with Crippen molar-refractivity contribution in [3.05, 3.63) is 80.8 Å². The van der Waals surface area contributed by atoms with Crippen LogP contribution in [0.15, 0.2) is 69.6 Å². The number of hydrogen-bond donors (Lipinski definition) is 0. The quantitative estimate of drug-likeness (QED) is 0.499. The van der Waals surface area contributed by atoms with E-state index in [1.165, 1.54) is 17.7 Å². The van der Waals surface area contributed by atoms with Crippen LogP contribution in [0.5, 0.6) is 0 Å². The minimum atomic E-state index is -0.514. The number of rotatable bonds is 3. The van der Waals surface area contributed by atoms with Gasteiger partial charge in [0.1, 0.15) is 0 Å². The molecule has 3 rings (SSSR count). The summed E-state index contributed by atoms with van der Waals surface area (Å²) in [5.74, 6) is -0.514. The number of methoxy groups -OCH3 is 1. The van der Waals surface area contributed by atoms with Crippen molar-refractivity contribution in [3.8, 4) is 0 Å². The molecule has 126 valence electrons. The van der Waals surface area contributed by atoms with Crippen molar-refractivity contribution in [2.75, 3.05) is 7.11 Å². The summed E-state index contributed by atoms with van der Waals surface area (Å²) in [7, 11) is 1.31. The topological polar surface area (TPSA) is 61.2 Å². The fourth-order valence-corrected chi connectivity index (χ4v) is 2.89. The number of hydrogen-bond acceptors (Lipinski definition) is 4. The van der Waals surface area contributed by atoms with Crippen molar-refractivity contribution in [2.24, 2.45) is 0 Å². The van der Waals surface area contributed by atoms with E-state index in [9.17, 15) is 9.59 Å². The molecule has 25 heavy (non-hydrogen) atoms. The molecule has 0 N–H and O–H groups in total. The third-order valence-corrected chi connectivity index (χ3v) is 4.31. The number of pyridine rings is 2. The highest BCUT2D eigenvalue weighted by atomic mass is 79.9. The average Bonchev–Trinajstić information content (AvgIpc) is 2.64. The van der Waals surface area contributed by atoms with Crippen LogP contribution in [-0.4, -0.2) is 22.6 Å². The second-order valence-corrected chi connectivity index (χ2v) is 6.31. The third-order valence-electron chi connectivity index (χ3n) is 3.84. The summed E-state index contributed by atoms with van der Waals surface area (Å²) in [5, 5.41) is 0.884. The summed E-state index contributed by atoms with van der Waals surface area (Å²) in [6.07, 6.45) is 1.62. The highest BCUT2D eigenvalue weighted by Gasteiger charge is 2.19. The van der Waals surface area contributed by atoms with Gasteiger partial charge in [0.2, 0.25) is 0 Å². The molecule has 0 fully saturated rings. The molecule has 0 aliphatic carbocycles. The molecular formula is C19H15BrN2O3. The lowest BCUT2D eigenvalue weighted by Gasteiger charge is -2.16. The van der Waals surface area contributed by atoms with Gasteiger partial charge in [0.15, 0.2) is 0 Å². The number of esters is 1. The number of fused-ring (bicyclic) bond motifs is 1. The van der Waals surface area contributed by atoms with E-state index in [2.05, 4.69) is 20.9 Å². The summed E-state index contributed by atoms with van der Waals surface area (Å²) in [6, 6.07) is 14.3. The van der Waals surface area contributed by atoms with Gasteiger partial charge in [0.05, 0.1) is 29.6 Å². The average molecular weight is 399 g/mol. The van der Waals surface area contributed by atoms with Crippen LogP contribution in [0, 0.1) is 0 Å². The molecule has 2 aromatic heterocycles. The highest BCUT2D eigenvalue weighted by molar-refractivity contribution is 9.10. The Bertz CT molecular complexity index is 1040. The molecule has 5 nitrogen and oxygen atoms in total. The number of ether oxygens (including phenoxy) is 1. The Morgan fingerprint density at radius 2 is 1.88 bits per heavy atom. The fourth-order valence-electron chi connectivity index (χ4n) is 2.66. The zero-order valence-corrected chi connectivity index (χ0v) is 15.3. The third kappa shape index (κ3) is 3.25. The van der Waals surface area contributed by atoms with Gasteiger partial charge >= 0.3 is 5.97 Å². The highest BCUT2D eigenvalue weighted by Crippen LogP contribution is 2.24. The Kier molecular flexibility index (Phi) is 4.81. The molecular weight excluding hydrogens is 384 g/mol. The maximum absolute atomic E-state index is 12.7. The second-order valence-electron chi connectivity index (χ2n) is 5.39. The van der Waals surface area contributed by atoms with Crippen LogP contribution in [0.2, 0.25) is 0 Å². The molecule has 0 saturated carbocycles.